The number of methoxy groups -OCH3 is 1. The SMILES string of the molecule is COc1cccc(C(=O)OCC(=O)NNC(=O)c2ccccc2Br)c1. The number of hydrogen-bond acceptors (Lipinski definition) is 5. The molecule has 2 aromatic carbocycles. The van der Waals surface area contributed by atoms with Crippen LogP contribution in [-0.2, 0) is 9.53 Å². The van der Waals surface area contributed by atoms with Crippen molar-refractivity contribution < 1.29 is 23.9 Å². The summed E-state index contributed by atoms with van der Waals surface area (Å²) < 4.78 is 10.5. The van der Waals surface area contributed by atoms with Gasteiger partial charge in [-0.2, -0.15) is 0 Å². The number of halogens is 1. The van der Waals surface area contributed by atoms with E-state index in [1.54, 1.807) is 36.4 Å². The Morgan fingerprint density at radius 2 is 1.80 bits per heavy atom. The first-order valence-electron chi connectivity index (χ1n) is 7.16. The predicted molar refractivity (Wildman–Crippen MR) is 93.0 cm³/mol. The summed E-state index contributed by atoms with van der Waals surface area (Å²) in [6, 6.07) is 13.1. The van der Waals surface area contributed by atoms with Crippen molar-refractivity contribution in [3.05, 3.63) is 64.1 Å². The number of amides is 2. The Balaban J connectivity index is 1.81. The molecule has 8 heteroatoms. The van der Waals surface area contributed by atoms with Gasteiger partial charge >= 0.3 is 5.97 Å². The highest BCUT2D eigenvalue weighted by atomic mass is 79.9. The Bertz CT molecular complexity index is 794. The Morgan fingerprint density at radius 1 is 1.04 bits per heavy atom. The highest BCUT2D eigenvalue weighted by molar-refractivity contribution is 9.10. The highest BCUT2D eigenvalue weighted by Crippen LogP contribution is 2.15. The lowest BCUT2D eigenvalue weighted by Crippen LogP contribution is -2.43. The van der Waals surface area contributed by atoms with Gasteiger partial charge in [-0.25, -0.2) is 4.79 Å². The number of hydrazine groups is 1. The molecule has 130 valence electrons. The average molecular weight is 407 g/mol. The molecule has 2 amide bonds. The summed E-state index contributed by atoms with van der Waals surface area (Å²) in [7, 11) is 1.48. The summed E-state index contributed by atoms with van der Waals surface area (Å²) in [5.41, 5.74) is 5.03. The third-order valence-electron chi connectivity index (χ3n) is 3.07. The topological polar surface area (TPSA) is 93.7 Å². The second-order valence-corrected chi connectivity index (χ2v) is 5.64. The second-order valence-electron chi connectivity index (χ2n) is 4.79. The Morgan fingerprint density at radius 3 is 2.52 bits per heavy atom. The Hall–Kier alpha value is -2.87. The van der Waals surface area contributed by atoms with Gasteiger partial charge in [0, 0.05) is 4.47 Å². The highest BCUT2D eigenvalue weighted by Gasteiger charge is 2.13. The zero-order valence-corrected chi connectivity index (χ0v) is 14.8. The molecule has 0 bridgehead atoms. The lowest BCUT2D eigenvalue weighted by Gasteiger charge is -2.09. The van der Waals surface area contributed by atoms with E-state index >= 15 is 0 Å². The Kier molecular flexibility index (Phi) is 6.53. The molecule has 0 aliphatic heterocycles. The van der Waals surface area contributed by atoms with Crippen LogP contribution in [0.2, 0.25) is 0 Å². The third kappa shape index (κ3) is 5.32. The van der Waals surface area contributed by atoms with Gasteiger partial charge in [0.2, 0.25) is 0 Å². The van der Waals surface area contributed by atoms with Crippen molar-refractivity contribution in [2.45, 2.75) is 0 Å². The van der Waals surface area contributed by atoms with Gasteiger partial charge in [0.05, 0.1) is 18.2 Å². The van der Waals surface area contributed by atoms with Crippen LogP contribution >= 0.6 is 15.9 Å². The van der Waals surface area contributed by atoms with Crippen LogP contribution in [0.5, 0.6) is 5.75 Å². The number of rotatable bonds is 5. The fraction of sp³-hybridized carbons (Fsp3) is 0.118. The van der Waals surface area contributed by atoms with Crippen molar-refractivity contribution in [1.29, 1.82) is 0 Å². The smallest absolute Gasteiger partial charge is 0.338 e. The quantitative estimate of drug-likeness (QED) is 0.585. The van der Waals surface area contributed by atoms with E-state index in [1.165, 1.54) is 19.2 Å². The molecule has 0 saturated carbocycles. The van der Waals surface area contributed by atoms with Crippen LogP contribution < -0.4 is 15.6 Å². The standard InChI is InChI=1S/C17H15BrN2O5/c1-24-12-6-4-5-11(9-12)17(23)25-10-15(21)19-20-16(22)13-7-2-3-8-14(13)18/h2-9H,10H2,1H3,(H,19,21)(H,20,22). The van der Waals surface area contributed by atoms with Crippen molar-refractivity contribution in [3.63, 3.8) is 0 Å². The molecule has 7 nitrogen and oxygen atoms in total. The average Bonchev–Trinajstić information content (AvgIpc) is 2.64. The maximum Gasteiger partial charge on any atom is 0.338 e. The van der Waals surface area contributed by atoms with Crippen LogP contribution in [0.4, 0.5) is 0 Å². The van der Waals surface area contributed by atoms with Crippen LogP contribution in [-0.4, -0.2) is 31.5 Å². The van der Waals surface area contributed by atoms with Crippen LogP contribution in [0.25, 0.3) is 0 Å². The second kappa shape index (κ2) is 8.84. The van der Waals surface area contributed by atoms with E-state index in [-0.39, 0.29) is 5.56 Å². The maximum absolute atomic E-state index is 11.9. The predicted octanol–water partition coefficient (Wildman–Crippen LogP) is 2.08. The lowest BCUT2D eigenvalue weighted by atomic mass is 10.2. The summed E-state index contributed by atoms with van der Waals surface area (Å²) in [5, 5.41) is 0. The van der Waals surface area contributed by atoms with Crippen LogP contribution in [0.15, 0.2) is 53.0 Å². The number of nitrogens with one attached hydrogen (secondary N) is 2. The molecule has 0 aliphatic carbocycles. The first-order valence-corrected chi connectivity index (χ1v) is 7.95. The Labute approximate surface area is 152 Å². The first-order chi connectivity index (χ1) is 12.0. The summed E-state index contributed by atoms with van der Waals surface area (Å²) in [6.07, 6.45) is 0. The van der Waals surface area contributed by atoms with E-state index < -0.39 is 24.4 Å². The summed E-state index contributed by atoms with van der Waals surface area (Å²) >= 11 is 3.24. The largest absolute Gasteiger partial charge is 0.497 e. The fourth-order valence-corrected chi connectivity index (χ4v) is 2.30. The normalized spacial score (nSPS) is 9.84. The molecular formula is C17H15BrN2O5. The minimum absolute atomic E-state index is 0.254. The van der Waals surface area contributed by atoms with E-state index in [4.69, 9.17) is 9.47 Å². The van der Waals surface area contributed by atoms with Gasteiger partial charge in [-0.15, -0.1) is 0 Å². The molecular weight excluding hydrogens is 392 g/mol. The molecule has 0 unspecified atom stereocenters. The van der Waals surface area contributed by atoms with E-state index in [2.05, 4.69) is 26.8 Å². The molecule has 0 aliphatic rings. The van der Waals surface area contributed by atoms with Crippen LogP contribution in [0, 0.1) is 0 Å². The molecule has 0 fully saturated rings. The molecule has 0 aromatic heterocycles. The number of carbonyl (C=O) groups is 3. The van der Waals surface area contributed by atoms with E-state index in [0.29, 0.717) is 15.8 Å². The summed E-state index contributed by atoms with van der Waals surface area (Å²) in [5.74, 6) is -1.35. The van der Waals surface area contributed by atoms with Gasteiger partial charge in [-0.1, -0.05) is 18.2 Å². The number of hydrogen-bond donors (Lipinski definition) is 2. The molecule has 2 N–H and O–H groups in total. The third-order valence-corrected chi connectivity index (χ3v) is 3.77. The number of carbonyl (C=O) groups excluding carboxylic acids is 3. The minimum atomic E-state index is -0.675. The van der Waals surface area contributed by atoms with Crippen molar-refractivity contribution in [2.24, 2.45) is 0 Å². The van der Waals surface area contributed by atoms with Crippen molar-refractivity contribution in [3.8, 4) is 5.75 Å². The zero-order valence-electron chi connectivity index (χ0n) is 13.2. The number of ether oxygens (including phenoxy) is 2. The van der Waals surface area contributed by atoms with E-state index in [1.807, 2.05) is 0 Å². The monoisotopic (exact) mass is 406 g/mol. The molecule has 25 heavy (non-hydrogen) atoms. The zero-order chi connectivity index (χ0) is 18.2. The lowest BCUT2D eigenvalue weighted by molar-refractivity contribution is -0.125. The van der Waals surface area contributed by atoms with Gasteiger partial charge in [0.1, 0.15) is 5.75 Å². The number of benzene rings is 2. The number of esters is 1. The van der Waals surface area contributed by atoms with Crippen molar-refractivity contribution in [1.82, 2.24) is 10.9 Å². The van der Waals surface area contributed by atoms with Crippen LogP contribution in [0.3, 0.4) is 0 Å². The van der Waals surface area contributed by atoms with Gasteiger partial charge < -0.3 is 9.47 Å². The molecule has 0 heterocycles. The molecule has 0 spiro atoms. The summed E-state index contributed by atoms with van der Waals surface area (Å²) in [4.78, 5) is 35.5. The first kappa shape index (κ1) is 18.5. The van der Waals surface area contributed by atoms with E-state index in [0.717, 1.165) is 0 Å². The molecule has 0 radical (unpaired) electrons. The van der Waals surface area contributed by atoms with Crippen molar-refractivity contribution >= 4 is 33.7 Å². The minimum Gasteiger partial charge on any atom is -0.497 e. The van der Waals surface area contributed by atoms with Crippen LogP contribution in [0.1, 0.15) is 20.7 Å². The van der Waals surface area contributed by atoms with Crippen molar-refractivity contribution in [2.75, 3.05) is 13.7 Å². The molecule has 0 atom stereocenters. The fourth-order valence-electron chi connectivity index (χ4n) is 1.84. The molecule has 2 aromatic rings. The van der Waals surface area contributed by atoms with Gasteiger partial charge in [0.25, 0.3) is 11.8 Å². The molecule has 2 rings (SSSR count). The van der Waals surface area contributed by atoms with Gasteiger partial charge in [0.15, 0.2) is 6.61 Å². The molecule has 0 saturated heterocycles. The summed E-state index contributed by atoms with van der Waals surface area (Å²) in [6.45, 7) is -0.535. The van der Waals surface area contributed by atoms with E-state index in [9.17, 15) is 14.4 Å². The van der Waals surface area contributed by atoms with Gasteiger partial charge in [-0.05, 0) is 46.3 Å². The maximum atomic E-state index is 11.9. The van der Waals surface area contributed by atoms with Gasteiger partial charge in [-0.3, -0.25) is 20.4 Å².